The van der Waals surface area contributed by atoms with Crippen LogP contribution < -0.4 is 10.5 Å². The molecule has 3 N–H and O–H groups in total. The Labute approximate surface area is 169 Å². The van der Waals surface area contributed by atoms with E-state index in [-0.39, 0.29) is 4.90 Å². The second-order valence-electron chi connectivity index (χ2n) is 5.43. The summed E-state index contributed by atoms with van der Waals surface area (Å²) < 4.78 is 23.5. The van der Waals surface area contributed by atoms with Crippen LogP contribution in [-0.4, -0.2) is 13.4 Å². The lowest BCUT2D eigenvalue weighted by Crippen LogP contribution is -2.11. The Hall–Kier alpha value is -2.51. The lowest BCUT2D eigenvalue weighted by atomic mass is 10.2. The van der Waals surface area contributed by atoms with Crippen molar-refractivity contribution in [2.24, 2.45) is 5.14 Å². The highest BCUT2D eigenvalue weighted by molar-refractivity contribution is 9.10. The van der Waals surface area contributed by atoms with Crippen LogP contribution in [0.4, 0.5) is 5.69 Å². The molecule has 0 radical (unpaired) electrons. The molecular weight excluding hydrogens is 448 g/mol. The van der Waals surface area contributed by atoms with E-state index >= 15 is 0 Å². The van der Waals surface area contributed by atoms with Crippen molar-refractivity contribution >= 4 is 48.6 Å². The maximum atomic E-state index is 11.3. The lowest BCUT2D eigenvalue weighted by molar-refractivity contribution is 0.598. The van der Waals surface area contributed by atoms with Crippen molar-refractivity contribution in [3.63, 3.8) is 0 Å². The summed E-state index contributed by atoms with van der Waals surface area (Å²) in [6.45, 7) is 0. The molecule has 3 aromatic rings. The Morgan fingerprint density at radius 2 is 1.85 bits per heavy atom. The van der Waals surface area contributed by atoms with E-state index in [2.05, 4.69) is 32.3 Å². The normalized spacial score (nSPS) is 11.8. The van der Waals surface area contributed by atoms with Gasteiger partial charge in [0.1, 0.15) is 16.6 Å². The third kappa shape index (κ3) is 4.81. The first-order valence-electron chi connectivity index (χ1n) is 7.58. The van der Waals surface area contributed by atoms with Crippen LogP contribution in [0.5, 0.6) is 0 Å². The summed E-state index contributed by atoms with van der Waals surface area (Å²) in [7, 11) is -3.73. The maximum Gasteiger partial charge on any atom is 0.238 e. The second kappa shape index (κ2) is 8.02. The second-order valence-corrected chi connectivity index (χ2v) is 8.76. The van der Waals surface area contributed by atoms with Gasteiger partial charge in [0.05, 0.1) is 10.6 Å². The van der Waals surface area contributed by atoms with Gasteiger partial charge in [0.25, 0.3) is 0 Å². The zero-order valence-corrected chi connectivity index (χ0v) is 17.0. The van der Waals surface area contributed by atoms with Gasteiger partial charge in [-0.25, -0.2) is 18.5 Å². The SMILES string of the molecule is N#C/C(=C/Nc1ccc(S(N)(=O)=O)cc1)c1nc(-c2ccc(Br)cc2)cs1. The van der Waals surface area contributed by atoms with Crippen LogP contribution in [0.15, 0.2) is 69.5 Å². The molecule has 0 aliphatic carbocycles. The van der Waals surface area contributed by atoms with Crippen LogP contribution in [0, 0.1) is 11.3 Å². The van der Waals surface area contributed by atoms with Crippen LogP contribution in [0.1, 0.15) is 5.01 Å². The quantitative estimate of drug-likeness (QED) is 0.554. The van der Waals surface area contributed by atoms with Gasteiger partial charge in [-0.2, -0.15) is 5.26 Å². The number of nitriles is 1. The fraction of sp³-hybridized carbons (Fsp3) is 0. The fourth-order valence-electron chi connectivity index (χ4n) is 2.19. The maximum absolute atomic E-state index is 11.3. The number of hydrogen-bond acceptors (Lipinski definition) is 6. The Kier molecular flexibility index (Phi) is 5.72. The van der Waals surface area contributed by atoms with E-state index in [9.17, 15) is 13.7 Å². The standard InChI is InChI=1S/C18H13BrN4O2S2/c19-14-3-1-12(2-4-14)17-11-26-18(23-17)13(9-20)10-22-15-5-7-16(8-6-15)27(21,24)25/h1-8,10-11,22H,(H2,21,24,25)/b13-10-. The van der Waals surface area contributed by atoms with E-state index in [1.165, 1.54) is 29.7 Å². The largest absolute Gasteiger partial charge is 0.360 e. The average molecular weight is 461 g/mol. The minimum absolute atomic E-state index is 0.0246. The van der Waals surface area contributed by atoms with Gasteiger partial charge < -0.3 is 5.32 Å². The van der Waals surface area contributed by atoms with Gasteiger partial charge in [0, 0.05) is 27.3 Å². The van der Waals surface area contributed by atoms with Crippen LogP contribution in [-0.2, 0) is 10.0 Å². The molecule has 0 atom stereocenters. The predicted octanol–water partition coefficient (Wildman–Crippen LogP) is 4.20. The summed E-state index contributed by atoms with van der Waals surface area (Å²) in [5, 5.41) is 20.0. The molecule has 0 amide bonds. The summed E-state index contributed by atoms with van der Waals surface area (Å²) in [5.41, 5.74) is 2.75. The molecule has 9 heteroatoms. The summed E-state index contributed by atoms with van der Waals surface area (Å²) >= 11 is 4.77. The highest BCUT2D eigenvalue weighted by Crippen LogP contribution is 2.27. The lowest BCUT2D eigenvalue weighted by Gasteiger charge is -2.03. The summed E-state index contributed by atoms with van der Waals surface area (Å²) in [6.07, 6.45) is 1.54. The van der Waals surface area contributed by atoms with Crippen molar-refractivity contribution in [3.05, 3.63) is 69.6 Å². The number of nitrogens with two attached hydrogens (primary N) is 1. The molecule has 2 aromatic carbocycles. The molecule has 3 rings (SSSR count). The molecule has 6 nitrogen and oxygen atoms in total. The first kappa shape index (κ1) is 19.3. The number of primary sulfonamides is 1. The number of halogens is 1. The highest BCUT2D eigenvalue weighted by atomic mass is 79.9. The molecule has 27 heavy (non-hydrogen) atoms. The zero-order chi connectivity index (χ0) is 19.4. The average Bonchev–Trinajstić information content (AvgIpc) is 3.12. The van der Waals surface area contributed by atoms with Gasteiger partial charge in [-0.1, -0.05) is 28.1 Å². The van der Waals surface area contributed by atoms with Crippen LogP contribution in [0.3, 0.4) is 0 Å². The van der Waals surface area contributed by atoms with E-state index < -0.39 is 10.0 Å². The van der Waals surface area contributed by atoms with E-state index in [1.807, 2.05) is 29.6 Å². The van der Waals surface area contributed by atoms with Gasteiger partial charge in [-0.15, -0.1) is 11.3 Å². The van der Waals surface area contributed by atoms with E-state index in [1.54, 1.807) is 12.1 Å². The van der Waals surface area contributed by atoms with Crippen LogP contribution in [0.25, 0.3) is 16.8 Å². The molecule has 1 heterocycles. The van der Waals surface area contributed by atoms with E-state index in [4.69, 9.17) is 5.14 Å². The van der Waals surface area contributed by atoms with Gasteiger partial charge in [-0.3, -0.25) is 0 Å². The van der Waals surface area contributed by atoms with Crippen molar-refractivity contribution in [1.29, 1.82) is 5.26 Å². The van der Waals surface area contributed by atoms with E-state index in [0.29, 0.717) is 16.3 Å². The van der Waals surface area contributed by atoms with Gasteiger partial charge >= 0.3 is 0 Å². The van der Waals surface area contributed by atoms with Crippen LogP contribution >= 0.6 is 27.3 Å². The monoisotopic (exact) mass is 460 g/mol. The number of aromatic nitrogens is 1. The first-order chi connectivity index (χ1) is 12.9. The Bertz CT molecular complexity index is 1130. The Morgan fingerprint density at radius 1 is 1.19 bits per heavy atom. The fourth-order valence-corrected chi connectivity index (χ4v) is 3.76. The van der Waals surface area contributed by atoms with Crippen molar-refractivity contribution < 1.29 is 8.42 Å². The van der Waals surface area contributed by atoms with Gasteiger partial charge in [0.2, 0.25) is 10.0 Å². The number of nitrogens with one attached hydrogen (secondary N) is 1. The number of thiazole rings is 1. The summed E-state index contributed by atoms with van der Waals surface area (Å²) in [4.78, 5) is 4.54. The number of allylic oxidation sites excluding steroid dienone is 1. The molecule has 0 fully saturated rings. The molecular formula is C18H13BrN4O2S2. The number of rotatable bonds is 5. The third-order valence-corrected chi connectivity index (χ3v) is 5.89. The highest BCUT2D eigenvalue weighted by Gasteiger charge is 2.10. The molecule has 0 unspecified atom stereocenters. The number of hydrogen-bond donors (Lipinski definition) is 2. The predicted molar refractivity (Wildman–Crippen MR) is 110 cm³/mol. The topological polar surface area (TPSA) is 109 Å². The van der Waals surface area contributed by atoms with E-state index in [0.717, 1.165) is 15.7 Å². The first-order valence-corrected chi connectivity index (χ1v) is 10.8. The number of sulfonamides is 1. The zero-order valence-electron chi connectivity index (χ0n) is 13.8. The van der Waals surface area contributed by atoms with Crippen molar-refractivity contribution in [1.82, 2.24) is 4.98 Å². The van der Waals surface area contributed by atoms with Crippen LogP contribution in [0.2, 0.25) is 0 Å². The smallest absolute Gasteiger partial charge is 0.238 e. The molecule has 0 saturated heterocycles. The van der Waals surface area contributed by atoms with Crippen molar-refractivity contribution in [2.75, 3.05) is 5.32 Å². The van der Waals surface area contributed by atoms with Crippen molar-refractivity contribution in [2.45, 2.75) is 4.90 Å². The van der Waals surface area contributed by atoms with Gasteiger partial charge in [0.15, 0.2) is 0 Å². The Morgan fingerprint density at radius 3 is 2.44 bits per heavy atom. The number of nitrogens with zero attached hydrogens (tertiary/aromatic N) is 2. The molecule has 0 spiro atoms. The molecule has 0 aliphatic heterocycles. The Balaban J connectivity index is 1.79. The van der Waals surface area contributed by atoms with Crippen molar-refractivity contribution in [3.8, 4) is 17.3 Å². The molecule has 1 aromatic heterocycles. The number of benzene rings is 2. The number of anilines is 1. The molecule has 0 aliphatic rings. The van der Waals surface area contributed by atoms with Gasteiger partial charge in [-0.05, 0) is 36.4 Å². The third-order valence-electron chi connectivity index (χ3n) is 3.56. The molecule has 0 saturated carbocycles. The minimum atomic E-state index is -3.73. The molecule has 0 bridgehead atoms. The molecule has 136 valence electrons. The summed E-state index contributed by atoms with van der Waals surface area (Å²) in [6, 6.07) is 15.8. The minimum Gasteiger partial charge on any atom is -0.360 e. The summed E-state index contributed by atoms with van der Waals surface area (Å²) in [5.74, 6) is 0.